The molecule has 2 aromatic rings. The highest BCUT2D eigenvalue weighted by atomic mass is 35.5. The molecule has 2 rings (SSSR count). The molecule has 1 aromatic heterocycles. The smallest absolute Gasteiger partial charge is 0.382 e. The van der Waals surface area contributed by atoms with Crippen LogP contribution in [0.2, 0.25) is 10.0 Å². The summed E-state index contributed by atoms with van der Waals surface area (Å²) in [6, 6.07) is 5.50. The summed E-state index contributed by atoms with van der Waals surface area (Å²) in [5.41, 5.74) is 3.53. The third-order valence-corrected chi connectivity index (χ3v) is 2.98. The maximum Gasteiger partial charge on any atom is 0.436 e. The van der Waals surface area contributed by atoms with Crippen LogP contribution in [0.4, 0.5) is 19.0 Å². The summed E-state index contributed by atoms with van der Waals surface area (Å²) in [4.78, 5) is 0. The largest absolute Gasteiger partial charge is 0.436 e. The maximum atomic E-state index is 12.8. The minimum atomic E-state index is -4.79. The van der Waals surface area contributed by atoms with Crippen LogP contribution in [0, 0.1) is 11.3 Å². The van der Waals surface area contributed by atoms with Crippen molar-refractivity contribution < 1.29 is 13.2 Å². The summed E-state index contributed by atoms with van der Waals surface area (Å²) in [5.74, 6) is -0.441. The van der Waals surface area contributed by atoms with Crippen LogP contribution in [-0.2, 0) is 6.18 Å². The van der Waals surface area contributed by atoms with Crippen molar-refractivity contribution in [1.29, 1.82) is 5.26 Å². The van der Waals surface area contributed by atoms with Gasteiger partial charge in [-0.25, -0.2) is 4.68 Å². The second-order valence-electron chi connectivity index (χ2n) is 3.73. The van der Waals surface area contributed by atoms with E-state index in [4.69, 9.17) is 34.2 Å². The zero-order valence-electron chi connectivity index (χ0n) is 9.54. The third kappa shape index (κ3) is 2.40. The fourth-order valence-electron chi connectivity index (χ4n) is 1.58. The van der Waals surface area contributed by atoms with Crippen molar-refractivity contribution >= 4 is 29.0 Å². The molecule has 0 bridgehead atoms. The molecule has 20 heavy (non-hydrogen) atoms. The zero-order chi connectivity index (χ0) is 15.1. The van der Waals surface area contributed by atoms with Crippen molar-refractivity contribution in [3.8, 4) is 11.8 Å². The van der Waals surface area contributed by atoms with E-state index in [1.807, 2.05) is 0 Å². The van der Waals surface area contributed by atoms with Gasteiger partial charge in [-0.1, -0.05) is 23.2 Å². The number of rotatable bonds is 1. The molecule has 2 N–H and O–H groups in total. The Bertz CT molecular complexity index is 716. The lowest BCUT2D eigenvalue weighted by Gasteiger charge is -2.06. The van der Waals surface area contributed by atoms with Crippen molar-refractivity contribution in [3.05, 3.63) is 39.5 Å². The number of aromatic nitrogens is 2. The van der Waals surface area contributed by atoms with Crippen molar-refractivity contribution in [3.63, 3.8) is 0 Å². The first-order valence-corrected chi connectivity index (χ1v) is 5.82. The SMILES string of the molecule is N#Cc1c(C(F)(F)F)nn(-c2ccc(Cl)cc2Cl)c1N. The highest BCUT2D eigenvalue weighted by Gasteiger charge is 2.39. The van der Waals surface area contributed by atoms with Gasteiger partial charge < -0.3 is 5.73 Å². The van der Waals surface area contributed by atoms with Crippen LogP contribution in [-0.4, -0.2) is 9.78 Å². The Morgan fingerprint density at radius 1 is 1.30 bits per heavy atom. The minimum Gasteiger partial charge on any atom is -0.382 e. The summed E-state index contributed by atoms with van der Waals surface area (Å²) in [6.45, 7) is 0. The molecule has 0 unspecified atom stereocenters. The van der Waals surface area contributed by atoms with Crippen molar-refractivity contribution in [2.45, 2.75) is 6.18 Å². The molecule has 0 aliphatic rings. The fourth-order valence-corrected chi connectivity index (χ4v) is 2.06. The van der Waals surface area contributed by atoms with E-state index in [-0.39, 0.29) is 10.7 Å². The number of hydrogen-bond donors (Lipinski definition) is 1. The standard InChI is InChI=1S/C11H5Cl2F3N4/c12-5-1-2-8(7(13)3-5)20-10(18)6(4-17)9(19-20)11(14,15)16/h1-3H,18H2. The van der Waals surface area contributed by atoms with Crippen LogP contribution in [0.1, 0.15) is 11.3 Å². The van der Waals surface area contributed by atoms with Gasteiger partial charge in [-0.2, -0.15) is 23.5 Å². The van der Waals surface area contributed by atoms with E-state index in [9.17, 15) is 13.2 Å². The molecule has 0 atom stereocenters. The van der Waals surface area contributed by atoms with E-state index >= 15 is 0 Å². The number of nitriles is 1. The van der Waals surface area contributed by atoms with Gasteiger partial charge in [0.2, 0.25) is 0 Å². The summed E-state index contributed by atoms with van der Waals surface area (Å²) in [7, 11) is 0. The summed E-state index contributed by atoms with van der Waals surface area (Å²) in [6.07, 6.45) is -4.79. The highest BCUT2D eigenvalue weighted by molar-refractivity contribution is 6.35. The Labute approximate surface area is 121 Å². The van der Waals surface area contributed by atoms with Gasteiger partial charge in [0.1, 0.15) is 17.5 Å². The van der Waals surface area contributed by atoms with Crippen LogP contribution in [0.5, 0.6) is 0 Å². The minimum absolute atomic E-state index is 0.0601. The van der Waals surface area contributed by atoms with Crippen molar-refractivity contribution in [1.82, 2.24) is 9.78 Å². The molecule has 104 valence electrons. The summed E-state index contributed by atoms with van der Waals surface area (Å²) >= 11 is 11.6. The first-order chi connectivity index (χ1) is 9.25. The van der Waals surface area contributed by atoms with E-state index in [1.54, 1.807) is 0 Å². The van der Waals surface area contributed by atoms with Crippen LogP contribution < -0.4 is 5.73 Å². The zero-order valence-corrected chi connectivity index (χ0v) is 11.1. The van der Waals surface area contributed by atoms with Crippen molar-refractivity contribution in [2.75, 3.05) is 5.73 Å². The molecule has 0 aliphatic carbocycles. The average molecular weight is 321 g/mol. The third-order valence-electron chi connectivity index (χ3n) is 2.44. The number of nitrogen functional groups attached to an aromatic ring is 1. The van der Waals surface area contributed by atoms with Crippen LogP contribution in [0.25, 0.3) is 5.69 Å². The molecule has 0 fully saturated rings. The molecule has 9 heteroatoms. The van der Waals surface area contributed by atoms with E-state index in [2.05, 4.69) is 5.10 Å². The Morgan fingerprint density at radius 3 is 2.40 bits per heavy atom. The van der Waals surface area contributed by atoms with Gasteiger partial charge in [0.15, 0.2) is 5.69 Å². The van der Waals surface area contributed by atoms with Gasteiger partial charge in [0.25, 0.3) is 0 Å². The molecule has 0 saturated heterocycles. The molecular weight excluding hydrogens is 316 g/mol. The van der Waals surface area contributed by atoms with Gasteiger partial charge in [-0.05, 0) is 18.2 Å². The average Bonchev–Trinajstić information content (AvgIpc) is 2.66. The number of nitrogens with zero attached hydrogens (tertiary/aromatic N) is 3. The van der Waals surface area contributed by atoms with Gasteiger partial charge in [0.05, 0.1) is 10.7 Å². The summed E-state index contributed by atoms with van der Waals surface area (Å²) in [5, 5.41) is 12.5. The van der Waals surface area contributed by atoms with E-state index in [0.29, 0.717) is 5.02 Å². The Morgan fingerprint density at radius 2 is 1.95 bits per heavy atom. The molecule has 1 heterocycles. The van der Waals surface area contributed by atoms with E-state index in [0.717, 1.165) is 4.68 Å². The Balaban J connectivity index is 2.71. The number of halogens is 5. The van der Waals surface area contributed by atoms with E-state index < -0.39 is 23.3 Å². The second kappa shape index (κ2) is 4.89. The predicted octanol–water partition coefficient (Wildman–Crippen LogP) is 3.65. The monoisotopic (exact) mass is 320 g/mol. The topological polar surface area (TPSA) is 67.6 Å². The molecule has 0 aliphatic heterocycles. The van der Waals surface area contributed by atoms with Gasteiger partial charge >= 0.3 is 6.18 Å². The van der Waals surface area contributed by atoms with Crippen LogP contribution in [0.3, 0.4) is 0 Å². The molecule has 0 spiro atoms. The lowest BCUT2D eigenvalue weighted by atomic mass is 10.2. The summed E-state index contributed by atoms with van der Waals surface area (Å²) < 4.78 is 39.1. The first kappa shape index (κ1) is 14.5. The van der Waals surface area contributed by atoms with Crippen LogP contribution in [0.15, 0.2) is 18.2 Å². The predicted molar refractivity (Wildman–Crippen MR) is 67.7 cm³/mol. The van der Waals surface area contributed by atoms with E-state index in [1.165, 1.54) is 24.3 Å². The number of benzene rings is 1. The fraction of sp³-hybridized carbons (Fsp3) is 0.0909. The first-order valence-electron chi connectivity index (χ1n) is 5.07. The molecule has 0 amide bonds. The van der Waals surface area contributed by atoms with Gasteiger partial charge in [0, 0.05) is 5.02 Å². The maximum absolute atomic E-state index is 12.8. The van der Waals surface area contributed by atoms with Crippen LogP contribution >= 0.6 is 23.2 Å². The Kier molecular flexibility index (Phi) is 3.54. The second-order valence-corrected chi connectivity index (χ2v) is 4.57. The van der Waals surface area contributed by atoms with Gasteiger partial charge in [-0.15, -0.1) is 0 Å². The molecule has 4 nitrogen and oxygen atoms in total. The molecule has 1 aromatic carbocycles. The van der Waals surface area contributed by atoms with Gasteiger partial charge in [-0.3, -0.25) is 0 Å². The lowest BCUT2D eigenvalue weighted by molar-refractivity contribution is -0.141. The number of alkyl halides is 3. The quantitative estimate of drug-likeness (QED) is 0.872. The Hall–Kier alpha value is -1.91. The highest BCUT2D eigenvalue weighted by Crippen LogP contribution is 2.35. The lowest BCUT2D eigenvalue weighted by Crippen LogP contribution is -2.09. The molecular formula is C11H5Cl2F3N4. The molecule has 0 saturated carbocycles. The number of hydrogen-bond acceptors (Lipinski definition) is 3. The van der Waals surface area contributed by atoms with Crippen molar-refractivity contribution in [2.24, 2.45) is 0 Å². The molecule has 0 radical (unpaired) electrons. The number of anilines is 1. The number of nitrogens with two attached hydrogens (primary N) is 1. The normalized spacial score (nSPS) is 11.4.